The van der Waals surface area contributed by atoms with Crippen molar-refractivity contribution in [1.82, 2.24) is 4.90 Å². The molecule has 1 aliphatic rings. The molecular formula is C13H19BrN2. The molecule has 1 saturated heterocycles. The number of nitrogen functional groups attached to an aromatic ring is 1. The van der Waals surface area contributed by atoms with Crippen molar-refractivity contribution in [3.63, 3.8) is 0 Å². The lowest BCUT2D eigenvalue weighted by atomic mass is 10.0. The molecule has 0 spiro atoms. The van der Waals surface area contributed by atoms with Crippen molar-refractivity contribution in [2.24, 2.45) is 0 Å². The summed E-state index contributed by atoms with van der Waals surface area (Å²) in [6.07, 6.45) is 2.58. The largest absolute Gasteiger partial charge is 0.398 e. The van der Waals surface area contributed by atoms with Gasteiger partial charge in [-0.1, -0.05) is 12.1 Å². The van der Waals surface area contributed by atoms with Gasteiger partial charge in [0.15, 0.2) is 0 Å². The van der Waals surface area contributed by atoms with Crippen LogP contribution >= 0.6 is 15.9 Å². The zero-order chi connectivity index (χ0) is 11.8. The number of hydrogen-bond acceptors (Lipinski definition) is 2. The summed E-state index contributed by atoms with van der Waals surface area (Å²) in [5.74, 6) is 0. The first-order chi connectivity index (χ1) is 7.50. The Labute approximate surface area is 106 Å². The fraction of sp³-hybridized carbons (Fsp3) is 0.538. The van der Waals surface area contributed by atoms with E-state index in [1.807, 2.05) is 12.1 Å². The van der Waals surface area contributed by atoms with Gasteiger partial charge in [-0.3, -0.25) is 4.90 Å². The number of hydrogen-bond donors (Lipinski definition) is 1. The second-order valence-electron chi connectivity index (χ2n) is 5.16. The van der Waals surface area contributed by atoms with Crippen LogP contribution in [0.25, 0.3) is 0 Å². The SMILES string of the molecule is CC1(C)CCCN1Cc1cccc(N)c1Br. The van der Waals surface area contributed by atoms with Gasteiger partial charge in [0.05, 0.1) is 0 Å². The zero-order valence-corrected chi connectivity index (χ0v) is 11.5. The molecule has 2 nitrogen and oxygen atoms in total. The van der Waals surface area contributed by atoms with Gasteiger partial charge < -0.3 is 5.73 Å². The molecule has 1 aliphatic heterocycles. The summed E-state index contributed by atoms with van der Waals surface area (Å²) < 4.78 is 1.05. The van der Waals surface area contributed by atoms with E-state index in [1.54, 1.807) is 0 Å². The van der Waals surface area contributed by atoms with Crippen molar-refractivity contribution >= 4 is 21.6 Å². The molecule has 0 amide bonds. The maximum absolute atomic E-state index is 5.90. The fourth-order valence-corrected chi connectivity index (χ4v) is 2.77. The molecule has 1 heterocycles. The van der Waals surface area contributed by atoms with Gasteiger partial charge >= 0.3 is 0 Å². The first-order valence-corrected chi connectivity index (χ1v) is 6.58. The molecule has 2 rings (SSSR count). The van der Waals surface area contributed by atoms with Crippen LogP contribution in [-0.4, -0.2) is 17.0 Å². The summed E-state index contributed by atoms with van der Waals surface area (Å²) in [6.45, 7) is 6.81. The summed E-state index contributed by atoms with van der Waals surface area (Å²) in [4.78, 5) is 2.53. The Morgan fingerprint density at radius 2 is 2.19 bits per heavy atom. The van der Waals surface area contributed by atoms with Crippen molar-refractivity contribution in [2.75, 3.05) is 12.3 Å². The van der Waals surface area contributed by atoms with E-state index in [9.17, 15) is 0 Å². The third-order valence-electron chi connectivity index (χ3n) is 3.54. The molecule has 1 aromatic rings. The topological polar surface area (TPSA) is 29.3 Å². The van der Waals surface area contributed by atoms with E-state index in [0.717, 1.165) is 16.7 Å². The number of nitrogens with two attached hydrogens (primary N) is 1. The highest BCUT2D eigenvalue weighted by molar-refractivity contribution is 9.10. The van der Waals surface area contributed by atoms with Crippen LogP contribution in [-0.2, 0) is 6.54 Å². The Balaban J connectivity index is 2.18. The lowest BCUT2D eigenvalue weighted by Gasteiger charge is -2.31. The first-order valence-electron chi connectivity index (χ1n) is 5.78. The summed E-state index contributed by atoms with van der Waals surface area (Å²) in [6, 6.07) is 6.11. The Bertz CT molecular complexity index is 388. The van der Waals surface area contributed by atoms with Crippen LogP contribution in [0.4, 0.5) is 5.69 Å². The van der Waals surface area contributed by atoms with Crippen molar-refractivity contribution in [3.05, 3.63) is 28.2 Å². The molecule has 1 aromatic carbocycles. The van der Waals surface area contributed by atoms with Gasteiger partial charge in [-0.2, -0.15) is 0 Å². The minimum absolute atomic E-state index is 0.323. The summed E-state index contributed by atoms with van der Waals surface area (Å²) in [5.41, 5.74) is 8.34. The molecular weight excluding hydrogens is 264 g/mol. The number of benzene rings is 1. The third-order valence-corrected chi connectivity index (χ3v) is 4.51. The molecule has 3 heteroatoms. The van der Waals surface area contributed by atoms with Crippen LogP contribution in [0.15, 0.2) is 22.7 Å². The van der Waals surface area contributed by atoms with E-state index in [2.05, 4.69) is 40.7 Å². The van der Waals surface area contributed by atoms with E-state index in [-0.39, 0.29) is 0 Å². The van der Waals surface area contributed by atoms with E-state index < -0.39 is 0 Å². The highest BCUT2D eigenvalue weighted by atomic mass is 79.9. The van der Waals surface area contributed by atoms with Gasteiger partial charge in [-0.05, 0) is 60.8 Å². The quantitative estimate of drug-likeness (QED) is 0.843. The van der Waals surface area contributed by atoms with Gasteiger partial charge in [0, 0.05) is 22.2 Å². The number of anilines is 1. The molecule has 1 fully saturated rings. The second kappa shape index (κ2) is 4.38. The monoisotopic (exact) mass is 282 g/mol. The molecule has 0 aliphatic carbocycles. The molecule has 0 aromatic heterocycles. The Hall–Kier alpha value is -0.540. The van der Waals surface area contributed by atoms with E-state index in [0.29, 0.717) is 5.54 Å². The maximum atomic E-state index is 5.90. The molecule has 0 saturated carbocycles. The Kier molecular flexibility index (Phi) is 3.27. The highest BCUT2D eigenvalue weighted by Crippen LogP contribution is 2.32. The second-order valence-corrected chi connectivity index (χ2v) is 5.95. The predicted octanol–water partition coefficient (Wildman–Crippen LogP) is 3.41. The highest BCUT2D eigenvalue weighted by Gasteiger charge is 2.31. The number of nitrogens with zero attached hydrogens (tertiary/aromatic N) is 1. The summed E-state index contributed by atoms with van der Waals surface area (Å²) >= 11 is 3.57. The van der Waals surface area contributed by atoms with Crippen molar-refractivity contribution in [3.8, 4) is 0 Å². The summed E-state index contributed by atoms with van der Waals surface area (Å²) in [5, 5.41) is 0. The maximum Gasteiger partial charge on any atom is 0.0461 e. The Morgan fingerprint density at radius 1 is 1.44 bits per heavy atom. The van der Waals surface area contributed by atoms with Crippen LogP contribution in [0.1, 0.15) is 32.3 Å². The summed E-state index contributed by atoms with van der Waals surface area (Å²) in [7, 11) is 0. The van der Waals surface area contributed by atoms with Crippen LogP contribution in [0.2, 0.25) is 0 Å². The average molecular weight is 283 g/mol. The standard InChI is InChI=1S/C13H19BrN2/c1-13(2)7-4-8-16(13)9-10-5-3-6-11(15)12(10)14/h3,5-6H,4,7-9,15H2,1-2H3. The van der Waals surface area contributed by atoms with E-state index in [1.165, 1.54) is 24.9 Å². The fourth-order valence-electron chi connectivity index (χ4n) is 2.38. The van der Waals surface area contributed by atoms with E-state index >= 15 is 0 Å². The average Bonchev–Trinajstić information content (AvgIpc) is 2.54. The lowest BCUT2D eigenvalue weighted by molar-refractivity contribution is 0.166. The van der Waals surface area contributed by atoms with Crippen LogP contribution in [0.3, 0.4) is 0 Å². The molecule has 0 radical (unpaired) electrons. The molecule has 0 atom stereocenters. The first kappa shape index (κ1) is 11.9. The molecule has 0 bridgehead atoms. The molecule has 2 N–H and O–H groups in total. The number of rotatable bonds is 2. The molecule has 16 heavy (non-hydrogen) atoms. The minimum Gasteiger partial charge on any atom is -0.398 e. The Morgan fingerprint density at radius 3 is 2.81 bits per heavy atom. The molecule has 0 unspecified atom stereocenters. The van der Waals surface area contributed by atoms with Crippen molar-refractivity contribution < 1.29 is 0 Å². The van der Waals surface area contributed by atoms with Crippen LogP contribution in [0, 0.1) is 0 Å². The number of likely N-dealkylation sites (tertiary alicyclic amines) is 1. The zero-order valence-electron chi connectivity index (χ0n) is 9.96. The molecule has 88 valence electrons. The van der Waals surface area contributed by atoms with E-state index in [4.69, 9.17) is 5.73 Å². The number of halogens is 1. The predicted molar refractivity (Wildman–Crippen MR) is 72.3 cm³/mol. The van der Waals surface area contributed by atoms with Crippen molar-refractivity contribution in [1.29, 1.82) is 0 Å². The van der Waals surface area contributed by atoms with Crippen LogP contribution < -0.4 is 5.73 Å². The smallest absolute Gasteiger partial charge is 0.0461 e. The van der Waals surface area contributed by atoms with Crippen LogP contribution in [0.5, 0.6) is 0 Å². The third kappa shape index (κ3) is 2.25. The lowest BCUT2D eigenvalue weighted by Crippen LogP contribution is -2.37. The van der Waals surface area contributed by atoms with Gasteiger partial charge in [0.2, 0.25) is 0 Å². The van der Waals surface area contributed by atoms with Crippen molar-refractivity contribution in [2.45, 2.75) is 38.8 Å². The van der Waals surface area contributed by atoms with Gasteiger partial charge in [0.1, 0.15) is 0 Å². The minimum atomic E-state index is 0.323. The van der Waals surface area contributed by atoms with Gasteiger partial charge in [0.25, 0.3) is 0 Å². The van der Waals surface area contributed by atoms with Gasteiger partial charge in [-0.15, -0.1) is 0 Å². The normalized spacial score (nSPS) is 20.2. The van der Waals surface area contributed by atoms with Gasteiger partial charge in [-0.25, -0.2) is 0 Å².